The minimum atomic E-state index is -0.806. The van der Waals surface area contributed by atoms with Gasteiger partial charge in [-0.05, 0) is 38.1 Å². The van der Waals surface area contributed by atoms with Gasteiger partial charge in [0.1, 0.15) is 17.0 Å². The summed E-state index contributed by atoms with van der Waals surface area (Å²) in [6.07, 6.45) is 0. The van der Waals surface area contributed by atoms with Gasteiger partial charge in [-0.25, -0.2) is 9.78 Å². The van der Waals surface area contributed by atoms with Crippen molar-refractivity contribution in [1.29, 1.82) is 0 Å². The molecule has 0 aliphatic carbocycles. The maximum atomic E-state index is 12.7. The quantitative estimate of drug-likeness (QED) is 0.635. The number of hydrogen-bond donors (Lipinski definition) is 2. The second kappa shape index (κ2) is 7.96. The molecule has 3 aromatic rings. The van der Waals surface area contributed by atoms with Gasteiger partial charge in [0.2, 0.25) is 0 Å². The molecule has 0 saturated carbocycles. The number of primary amides is 1. The minimum Gasteiger partial charge on any atom is -0.497 e. The first kappa shape index (κ1) is 19.2. The fraction of sp³-hybridized carbons (Fsp3) is 0.190. The highest BCUT2D eigenvalue weighted by Crippen LogP contribution is 2.33. The first-order chi connectivity index (χ1) is 13.4. The molecule has 7 heteroatoms. The van der Waals surface area contributed by atoms with Gasteiger partial charge in [-0.1, -0.05) is 17.7 Å². The largest absolute Gasteiger partial charge is 0.497 e. The predicted molar refractivity (Wildman–Crippen MR) is 107 cm³/mol. The number of rotatable bonds is 6. The second-order valence-corrected chi connectivity index (χ2v) is 6.17. The van der Waals surface area contributed by atoms with Gasteiger partial charge in [-0.15, -0.1) is 0 Å². The highest BCUT2D eigenvalue weighted by atomic mass is 16.5. The molecule has 28 heavy (non-hydrogen) atoms. The molecule has 3 N–H and O–H groups in total. The second-order valence-electron chi connectivity index (χ2n) is 6.17. The molecule has 0 aliphatic rings. The number of amides is 1. The van der Waals surface area contributed by atoms with Gasteiger partial charge in [0, 0.05) is 17.1 Å². The third kappa shape index (κ3) is 3.73. The third-order valence-corrected chi connectivity index (χ3v) is 4.19. The lowest BCUT2D eigenvalue weighted by Gasteiger charge is -2.17. The van der Waals surface area contributed by atoms with E-state index in [0.29, 0.717) is 28.0 Å². The monoisotopic (exact) mass is 379 g/mol. The SMILES string of the molecule is CCOC(=O)c1c(C(N)=O)nc2ccc(C)cc2c1Nc1cccc(OC)c1. The zero-order valence-electron chi connectivity index (χ0n) is 15.9. The summed E-state index contributed by atoms with van der Waals surface area (Å²) < 4.78 is 10.4. The number of anilines is 2. The van der Waals surface area contributed by atoms with Crippen LogP contribution >= 0.6 is 0 Å². The number of ether oxygens (including phenoxy) is 2. The summed E-state index contributed by atoms with van der Waals surface area (Å²) >= 11 is 0. The Bertz CT molecular complexity index is 1060. The molecule has 7 nitrogen and oxygen atoms in total. The average Bonchev–Trinajstić information content (AvgIpc) is 2.68. The number of benzene rings is 2. The van der Waals surface area contributed by atoms with Gasteiger partial charge in [0.15, 0.2) is 0 Å². The van der Waals surface area contributed by atoms with Crippen LogP contribution in [0.15, 0.2) is 42.5 Å². The van der Waals surface area contributed by atoms with Crippen LogP contribution in [-0.4, -0.2) is 30.6 Å². The number of fused-ring (bicyclic) bond motifs is 1. The lowest BCUT2D eigenvalue weighted by Crippen LogP contribution is -2.21. The lowest BCUT2D eigenvalue weighted by molar-refractivity contribution is 0.0524. The van der Waals surface area contributed by atoms with Crippen LogP contribution in [0.1, 0.15) is 33.3 Å². The molecule has 1 amide bonds. The van der Waals surface area contributed by atoms with Crippen LogP contribution in [0.25, 0.3) is 10.9 Å². The van der Waals surface area contributed by atoms with Crippen molar-refractivity contribution in [2.45, 2.75) is 13.8 Å². The summed E-state index contributed by atoms with van der Waals surface area (Å²) in [5.74, 6) is -0.829. The molecule has 0 spiro atoms. The van der Waals surface area contributed by atoms with E-state index >= 15 is 0 Å². The van der Waals surface area contributed by atoms with Crippen LogP contribution in [0.4, 0.5) is 11.4 Å². The number of methoxy groups -OCH3 is 1. The van der Waals surface area contributed by atoms with Crippen molar-refractivity contribution in [2.24, 2.45) is 5.73 Å². The molecular formula is C21H21N3O4. The number of nitrogens with zero attached hydrogens (tertiary/aromatic N) is 1. The fourth-order valence-corrected chi connectivity index (χ4v) is 2.93. The Labute approximate surface area is 162 Å². The van der Waals surface area contributed by atoms with Crippen LogP contribution in [0.5, 0.6) is 5.75 Å². The molecule has 0 radical (unpaired) electrons. The maximum absolute atomic E-state index is 12.7. The van der Waals surface area contributed by atoms with Crippen molar-refractivity contribution >= 4 is 34.2 Å². The van der Waals surface area contributed by atoms with Crippen molar-refractivity contribution in [2.75, 3.05) is 19.0 Å². The molecule has 0 saturated heterocycles. The zero-order chi connectivity index (χ0) is 20.3. The van der Waals surface area contributed by atoms with E-state index in [4.69, 9.17) is 15.2 Å². The first-order valence-corrected chi connectivity index (χ1v) is 8.77. The lowest BCUT2D eigenvalue weighted by atomic mass is 10.0. The van der Waals surface area contributed by atoms with E-state index in [0.717, 1.165) is 5.56 Å². The maximum Gasteiger partial charge on any atom is 0.342 e. The predicted octanol–water partition coefficient (Wildman–Crippen LogP) is 3.57. The molecule has 0 atom stereocenters. The molecule has 3 rings (SSSR count). The van der Waals surface area contributed by atoms with Gasteiger partial charge >= 0.3 is 5.97 Å². The standard InChI is InChI=1S/C21H21N3O4/c1-4-28-21(26)17-18(23-13-6-5-7-14(11-13)27-3)15-10-12(2)8-9-16(15)24-19(17)20(22)25/h5-11H,4H2,1-3H3,(H2,22,25)(H,23,24). The molecular weight excluding hydrogens is 358 g/mol. The van der Waals surface area contributed by atoms with E-state index in [1.165, 1.54) is 0 Å². The normalized spacial score (nSPS) is 10.5. The van der Waals surface area contributed by atoms with E-state index in [1.54, 1.807) is 32.2 Å². The fourth-order valence-electron chi connectivity index (χ4n) is 2.93. The molecule has 144 valence electrons. The summed E-state index contributed by atoms with van der Waals surface area (Å²) in [4.78, 5) is 29.1. The van der Waals surface area contributed by atoms with Gasteiger partial charge < -0.3 is 20.5 Å². The van der Waals surface area contributed by atoms with E-state index in [9.17, 15) is 9.59 Å². The van der Waals surface area contributed by atoms with Crippen LogP contribution in [0, 0.1) is 6.92 Å². The summed E-state index contributed by atoms with van der Waals surface area (Å²) in [5.41, 5.74) is 7.99. The molecule has 2 aromatic carbocycles. The minimum absolute atomic E-state index is 0.00951. The molecule has 0 aliphatic heterocycles. The molecule has 0 fully saturated rings. The number of nitrogens with two attached hydrogens (primary N) is 1. The smallest absolute Gasteiger partial charge is 0.342 e. The van der Waals surface area contributed by atoms with Crippen molar-refractivity contribution in [3.05, 3.63) is 59.3 Å². The van der Waals surface area contributed by atoms with Crippen LogP contribution < -0.4 is 15.8 Å². The molecule has 1 heterocycles. The Morgan fingerprint density at radius 1 is 1.18 bits per heavy atom. The Kier molecular flexibility index (Phi) is 5.44. The number of pyridine rings is 1. The number of carbonyl (C=O) groups is 2. The first-order valence-electron chi connectivity index (χ1n) is 8.77. The van der Waals surface area contributed by atoms with E-state index < -0.39 is 11.9 Å². The summed E-state index contributed by atoms with van der Waals surface area (Å²) in [7, 11) is 1.57. The number of esters is 1. The highest BCUT2D eigenvalue weighted by molar-refractivity contribution is 6.13. The van der Waals surface area contributed by atoms with Crippen LogP contribution in [0.2, 0.25) is 0 Å². The van der Waals surface area contributed by atoms with E-state index in [-0.39, 0.29) is 17.9 Å². The van der Waals surface area contributed by atoms with Gasteiger partial charge in [0.25, 0.3) is 5.91 Å². The summed E-state index contributed by atoms with van der Waals surface area (Å²) in [6, 6.07) is 12.8. The Morgan fingerprint density at radius 3 is 2.64 bits per heavy atom. The van der Waals surface area contributed by atoms with Crippen molar-refractivity contribution < 1.29 is 19.1 Å². The van der Waals surface area contributed by atoms with E-state index in [1.807, 2.05) is 31.2 Å². The van der Waals surface area contributed by atoms with Gasteiger partial charge in [0.05, 0.1) is 24.9 Å². The Balaban J connectivity index is 2.31. The van der Waals surface area contributed by atoms with Crippen molar-refractivity contribution in [3.63, 3.8) is 0 Å². The number of hydrogen-bond acceptors (Lipinski definition) is 6. The van der Waals surface area contributed by atoms with Crippen LogP contribution in [0.3, 0.4) is 0 Å². The number of nitrogens with one attached hydrogen (secondary N) is 1. The third-order valence-electron chi connectivity index (χ3n) is 4.19. The Hall–Kier alpha value is -3.61. The topological polar surface area (TPSA) is 104 Å². The highest BCUT2D eigenvalue weighted by Gasteiger charge is 2.25. The number of aryl methyl sites for hydroxylation is 1. The Morgan fingerprint density at radius 2 is 1.96 bits per heavy atom. The summed E-state index contributed by atoms with van der Waals surface area (Å²) in [5, 5.41) is 3.90. The van der Waals surface area contributed by atoms with Gasteiger partial charge in [-0.3, -0.25) is 4.79 Å². The number of aromatic nitrogens is 1. The average molecular weight is 379 g/mol. The van der Waals surface area contributed by atoms with E-state index in [2.05, 4.69) is 10.3 Å². The van der Waals surface area contributed by atoms with Crippen LogP contribution in [-0.2, 0) is 4.74 Å². The number of carbonyl (C=O) groups excluding carboxylic acids is 2. The zero-order valence-corrected chi connectivity index (χ0v) is 15.9. The molecule has 1 aromatic heterocycles. The molecule has 0 bridgehead atoms. The van der Waals surface area contributed by atoms with Crippen molar-refractivity contribution in [1.82, 2.24) is 4.98 Å². The molecule has 0 unspecified atom stereocenters. The summed E-state index contributed by atoms with van der Waals surface area (Å²) in [6.45, 7) is 3.78. The van der Waals surface area contributed by atoms with Gasteiger partial charge in [-0.2, -0.15) is 0 Å². The van der Waals surface area contributed by atoms with Crippen molar-refractivity contribution in [3.8, 4) is 5.75 Å².